The Morgan fingerprint density at radius 1 is 1.17 bits per heavy atom. The van der Waals surface area contributed by atoms with Crippen LogP contribution in [0.25, 0.3) is 11.3 Å². The lowest BCUT2D eigenvalue weighted by molar-refractivity contribution is 0.348. The fraction of sp³-hybridized carbons (Fsp3) is 0.111. The van der Waals surface area contributed by atoms with Crippen LogP contribution >= 0.6 is 23.0 Å². The molecule has 0 bridgehead atoms. The van der Waals surface area contributed by atoms with E-state index in [2.05, 4.69) is 6.58 Å². The number of benzene rings is 2. The van der Waals surface area contributed by atoms with E-state index in [-0.39, 0.29) is 18.1 Å². The summed E-state index contributed by atoms with van der Waals surface area (Å²) in [6.45, 7) is 5.51. The van der Waals surface area contributed by atoms with Crippen LogP contribution in [0.1, 0.15) is 18.1 Å². The highest BCUT2D eigenvalue weighted by atomic mass is 127. The normalized spacial score (nSPS) is 12.4. The Kier molecular flexibility index (Phi) is 5.92. The van der Waals surface area contributed by atoms with Gasteiger partial charge in [0.2, 0.25) is 0 Å². The molecule has 0 fully saturated rings. The van der Waals surface area contributed by atoms with Gasteiger partial charge in [-0.2, -0.15) is 0 Å². The van der Waals surface area contributed by atoms with E-state index in [1.54, 1.807) is 18.2 Å². The van der Waals surface area contributed by atoms with Gasteiger partial charge in [0, 0.05) is 5.57 Å². The van der Waals surface area contributed by atoms with Gasteiger partial charge in [-0.1, -0.05) is 24.3 Å². The van der Waals surface area contributed by atoms with Crippen molar-refractivity contribution < 1.29 is 18.0 Å². The zero-order valence-corrected chi connectivity index (χ0v) is 14.8. The van der Waals surface area contributed by atoms with E-state index in [0.717, 1.165) is 11.3 Å². The minimum absolute atomic E-state index is 0.00409. The lowest BCUT2D eigenvalue weighted by atomic mass is 9.98. The Bertz CT molecular complexity index is 720. The van der Waals surface area contributed by atoms with Crippen LogP contribution in [0.2, 0.25) is 0 Å². The molecular weight excluding hydrogens is 407 g/mol. The maximum atomic E-state index is 10.4. The largest absolute Gasteiger partial charge is 0.507 e. The Morgan fingerprint density at radius 3 is 2.43 bits per heavy atom. The monoisotopic (exact) mass is 424 g/mol. The number of fused-ring (bicyclic) bond motifs is 1. The molecule has 0 saturated heterocycles. The first-order chi connectivity index (χ1) is 11.1. The Labute approximate surface area is 149 Å². The molecular formula is C18H17IO4. The van der Waals surface area contributed by atoms with Gasteiger partial charge in [0.05, 0.1) is 0 Å². The number of aromatic hydroxyl groups is 1. The summed E-state index contributed by atoms with van der Waals surface area (Å²) in [5.74, 6) is 1.27. The van der Waals surface area contributed by atoms with E-state index in [0.29, 0.717) is 16.9 Å². The molecule has 5 heteroatoms. The molecule has 120 valence electrons. The Balaban J connectivity index is 0.000000595. The second-order valence-electron chi connectivity index (χ2n) is 4.78. The van der Waals surface area contributed by atoms with Crippen LogP contribution in [0.15, 0.2) is 55.1 Å². The van der Waals surface area contributed by atoms with Crippen molar-refractivity contribution in [1.29, 1.82) is 0 Å². The van der Waals surface area contributed by atoms with Gasteiger partial charge in [-0.25, -0.2) is 0 Å². The summed E-state index contributed by atoms with van der Waals surface area (Å²) in [7, 11) is 0. The minimum Gasteiger partial charge on any atom is -0.507 e. The number of phenols is 1. The number of hydrogen-bond acceptors (Lipinski definition) is 4. The quantitative estimate of drug-likeness (QED) is 0.519. The van der Waals surface area contributed by atoms with E-state index in [1.807, 2.05) is 54.2 Å². The number of rotatable bonds is 2. The summed E-state index contributed by atoms with van der Waals surface area (Å²) < 4.78 is 10.7. The van der Waals surface area contributed by atoms with E-state index >= 15 is 0 Å². The molecule has 2 aromatic carbocycles. The van der Waals surface area contributed by atoms with Crippen molar-refractivity contribution in [3.63, 3.8) is 0 Å². The Morgan fingerprint density at radius 2 is 1.83 bits per heavy atom. The number of halogens is 1. The SMILES string of the molecule is C=CC.OC1=C(c2ccc(OI)cc2)COc2cccc(O)c21. The van der Waals surface area contributed by atoms with Gasteiger partial charge >= 0.3 is 0 Å². The molecule has 0 amide bonds. The molecule has 3 rings (SSSR count). The molecule has 23 heavy (non-hydrogen) atoms. The molecule has 0 spiro atoms. The van der Waals surface area contributed by atoms with Gasteiger partial charge in [0.25, 0.3) is 0 Å². The maximum Gasteiger partial charge on any atom is 0.192 e. The van der Waals surface area contributed by atoms with Crippen LogP contribution in [0.4, 0.5) is 0 Å². The van der Waals surface area contributed by atoms with Gasteiger partial charge in [0.1, 0.15) is 35.2 Å². The van der Waals surface area contributed by atoms with E-state index in [4.69, 9.17) is 7.80 Å². The van der Waals surface area contributed by atoms with Gasteiger partial charge in [-0.3, -0.25) is 0 Å². The Hall–Kier alpha value is -2.15. The van der Waals surface area contributed by atoms with Crippen LogP contribution in [0.3, 0.4) is 0 Å². The standard InChI is InChI=1S/C15H11IO4.C3H6/c16-20-10-6-4-9(5-7-10)11-8-19-13-3-1-2-12(17)14(13)15(11)18;1-3-2/h1-7,17-18H,8H2;3H,1H2,2H3. The number of hydrogen-bond donors (Lipinski definition) is 2. The highest BCUT2D eigenvalue weighted by Gasteiger charge is 2.23. The third-order valence-electron chi connectivity index (χ3n) is 3.19. The van der Waals surface area contributed by atoms with Crippen molar-refractivity contribution in [2.24, 2.45) is 0 Å². The molecule has 2 aromatic rings. The van der Waals surface area contributed by atoms with E-state index in [1.165, 1.54) is 6.07 Å². The molecule has 0 atom stereocenters. The van der Waals surface area contributed by atoms with Crippen molar-refractivity contribution in [3.05, 3.63) is 66.2 Å². The first kappa shape index (κ1) is 17.2. The number of aliphatic hydroxyl groups is 1. The van der Waals surface area contributed by atoms with Crippen molar-refractivity contribution in [2.75, 3.05) is 6.61 Å². The summed E-state index contributed by atoms with van der Waals surface area (Å²) in [5.41, 5.74) is 1.80. The zero-order chi connectivity index (χ0) is 16.8. The van der Waals surface area contributed by atoms with E-state index < -0.39 is 0 Å². The average Bonchev–Trinajstić information content (AvgIpc) is 2.56. The highest BCUT2D eigenvalue weighted by molar-refractivity contribution is 14.1. The van der Waals surface area contributed by atoms with Crippen LogP contribution in [0.5, 0.6) is 17.2 Å². The van der Waals surface area contributed by atoms with Crippen LogP contribution < -0.4 is 7.80 Å². The molecule has 0 unspecified atom stereocenters. The van der Waals surface area contributed by atoms with Crippen molar-refractivity contribution in [2.45, 2.75) is 6.92 Å². The predicted molar refractivity (Wildman–Crippen MR) is 100 cm³/mol. The first-order valence-corrected chi connectivity index (χ1v) is 7.83. The average molecular weight is 424 g/mol. The number of ether oxygens (including phenoxy) is 1. The van der Waals surface area contributed by atoms with Gasteiger partial charge in [0.15, 0.2) is 23.0 Å². The molecule has 2 N–H and O–H groups in total. The molecule has 1 aliphatic rings. The second kappa shape index (κ2) is 7.92. The fourth-order valence-electron chi connectivity index (χ4n) is 2.17. The molecule has 1 aliphatic heterocycles. The first-order valence-electron chi connectivity index (χ1n) is 6.95. The fourth-order valence-corrected chi connectivity index (χ4v) is 2.47. The zero-order valence-electron chi connectivity index (χ0n) is 12.6. The highest BCUT2D eigenvalue weighted by Crippen LogP contribution is 2.40. The number of aliphatic hydroxyl groups excluding tert-OH is 1. The number of allylic oxidation sites excluding steroid dienone is 1. The topological polar surface area (TPSA) is 58.9 Å². The van der Waals surface area contributed by atoms with Crippen molar-refractivity contribution in [1.82, 2.24) is 0 Å². The summed E-state index contributed by atoms with van der Waals surface area (Å²) in [5, 5.41) is 20.3. The third-order valence-corrected chi connectivity index (χ3v) is 3.70. The van der Waals surface area contributed by atoms with Gasteiger partial charge in [-0.05, 0) is 36.8 Å². The predicted octanol–water partition coefficient (Wildman–Crippen LogP) is 5.13. The maximum absolute atomic E-state index is 10.4. The molecule has 0 aromatic heterocycles. The third kappa shape index (κ3) is 3.79. The van der Waals surface area contributed by atoms with Gasteiger partial charge in [-0.15, -0.1) is 6.58 Å². The van der Waals surface area contributed by atoms with Gasteiger partial charge < -0.3 is 18.0 Å². The molecule has 0 aliphatic carbocycles. The smallest absolute Gasteiger partial charge is 0.192 e. The lowest BCUT2D eigenvalue weighted by Gasteiger charge is -2.21. The molecule has 0 radical (unpaired) electrons. The molecule has 1 heterocycles. The second-order valence-corrected chi connectivity index (χ2v) is 5.22. The van der Waals surface area contributed by atoms with Crippen molar-refractivity contribution in [3.8, 4) is 17.2 Å². The summed E-state index contributed by atoms with van der Waals surface area (Å²) in [4.78, 5) is 0. The summed E-state index contributed by atoms with van der Waals surface area (Å²) >= 11 is 1.81. The van der Waals surface area contributed by atoms with Crippen LogP contribution in [0, 0.1) is 0 Å². The van der Waals surface area contributed by atoms with E-state index in [9.17, 15) is 10.2 Å². The number of phenolic OH excluding ortho intramolecular Hbond substituents is 1. The minimum atomic E-state index is 0.00409. The lowest BCUT2D eigenvalue weighted by Crippen LogP contribution is -2.10. The molecule has 4 nitrogen and oxygen atoms in total. The van der Waals surface area contributed by atoms with Crippen LogP contribution in [-0.4, -0.2) is 16.8 Å². The van der Waals surface area contributed by atoms with Crippen molar-refractivity contribution >= 4 is 34.3 Å². The molecule has 0 saturated carbocycles. The summed E-state index contributed by atoms with van der Waals surface area (Å²) in [6, 6.07) is 12.2. The van der Waals surface area contributed by atoms with Crippen LogP contribution in [-0.2, 0) is 0 Å². The summed E-state index contributed by atoms with van der Waals surface area (Å²) in [6.07, 6.45) is 1.75.